The van der Waals surface area contributed by atoms with E-state index in [0.29, 0.717) is 18.7 Å². The van der Waals surface area contributed by atoms with E-state index in [1.807, 2.05) is 0 Å². The van der Waals surface area contributed by atoms with Gasteiger partial charge in [-0.3, -0.25) is 19.6 Å². The van der Waals surface area contributed by atoms with Gasteiger partial charge in [0.1, 0.15) is 0 Å². The fourth-order valence-corrected chi connectivity index (χ4v) is 3.97. The Hall–Kier alpha value is -2.93. The van der Waals surface area contributed by atoms with E-state index in [1.165, 1.54) is 6.07 Å². The van der Waals surface area contributed by atoms with E-state index in [-0.39, 0.29) is 41.4 Å². The van der Waals surface area contributed by atoms with Gasteiger partial charge in [0.05, 0.1) is 11.8 Å². The number of likely N-dealkylation sites (tertiary alicyclic amines) is 1. The highest BCUT2D eigenvalue weighted by Gasteiger charge is 2.46. The van der Waals surface area contributed by atoms with Gasteiger partial charge in [-0.2, -0.15) is 0 Å². The van der Waals surface area contributed by atoms with Crippen LogP contribution < -0.4 is 16.9 Å². The number of rotatable bonds is 6. The summed E-state index contributed by atoms with van der Waals surface area (Å²) in [5.74, 6) is 3.77. The molecule has 2 aliphatic rings. The largest absolute Gasteiger partial charge is 0.396 e. The first-order valence-corrected chi connectivity index (χ1v) is 10.1. The summed E-state index contributed by atoms with van der Waals surface area (Å²) >= 11 is 0. The maximum atomic E-state index is 12.3. The average molecular weight is 428 g/mol. The van der Waals surface area contributed by atoms with Crippen LogP contribution in [-0.4, -0.2) is 58.2 Å². The average Bonchev–Trinajstić information content (AvgIpc) is 3.45. The Morgan fingerprint density at radius 2 is 2.00 bits per heavy atom. The van der Waals surface area contributed by atoms with Crippen LogP contribution in [0.3, 0.4) is 0 Å². The minimum absolute atomic E-state index is 0.0250. The normalized spacial score (nSPS) is 21.4. The number of hydrogen-bond donors (Lipinski definition) is 5. The number of primary amides is 1. The zero-order chi connectivity index (χ0) is 22.9. The fourth-order valence-electron chi connectivity index (χ4n) is 3.97. The lowest BCUT2D eigenvalue weighted by atomic mass is 9.79. The predicted octanol–water partition coefficient (Wildman–Crippen LogP) is -0.450. The minimum Gasteiger partial charge on any atom is -0.396 e. The summed E-state index contributed by atoms with van der Waals surface area (Å²) in [5, 5.41) is 18.3. The Morgan fingerprint density at radius 1 is 1.32 bits per heavy atom. The van der Waals surface area contributed by atoms with E-state index >= 15 is 0 Å². The summed E-state index contributed by atoms with van der Waals surface area (Å²) in [6.07, 6.45) is 0.747. The van der Waals surface area contributed by atoms with Crippen molar-refractivity contribution in [3.05, 3.63) is 34.9 Å². The molecule has 7 N–H and O–H groups in total. The Labute approximate surface area is 180 Å². The molecule has 1 saturated carbocycles. The number of nitrogens with one attached hydrogen (secondary N) is 1. The summed E-state index contributed by atoms with van der Waals surface area (Å²) in [6, 6.07) is 4.70. The third kappa shape index (κ3) is 4.88. The molecule has 3 rings (SSSR count). The quantitative estimate of drug-likeness (QED) is 0.234. The predicted molar refractivity (Wildman–Crippen MR) is 112 cm³/mol. The molecule has 0 aromatic heterocycles. The van der Waals surface area contributed by atoms with Crippen molar-refractivity contribution in [2.24, 2.45) is 29.2 Å². The van der Waals surface area contributed by atoms with Crippen LogP contribution >= 0.6 is 0 Å². The second-order valence-electron chi connectivity index (χ2n) is 8.89. The number of hydrogen-bond acceptors (Lipinski definition) is 6. The highest BCUT2D eigenvalue weighted by atomic mass is 16.5. The van der Waals surface area contributed by atoms with Crippen molar-refractivity contribution in [1.82, 2.24) is 10.4 Å². The van der Waals surface area contributed by atoms with E-state index < -0.39 is 23.3 Å². The lowest BCUT2D eigenvalue weighted by Crippen LogP contribution is -2.50. The zero-order valence-corrected chi connectivity index (χ0v) is 17.6. The molecule has 0 spiro atoms. The van der Waals surface area contributed by atoms with E-state index in [9.17, 15) is 14.4 Å². The summed E-state index contributed by atoms with van der Waals surface area (Å²) in [5.41, 5.74) is 13.1. The highest BCUT2D eigenvalue weighted by Crippen LogP contribution is 2.40. The Bertz CT molecular complexity index is 953. The van der Waals surface area contributed by atoms with Gasteiger partial charge in [0.25, 0.3) is 5.91 Å². The SMILES string of the molecule is CC(C)(N)[C@@H](C(=O)NO)c1cc(C#CC2CN(C(=O)C3CC3CO)C2)ccc1C(N)=O. The molecule has 1 heterocycles. The van der Waals surface area contributed by atoms with Crippen molar-refractivity contribution >= 4 is 17.7 Å². The number of carbonyl (C=O) groups is 3. The van der Waals surface area contributed by atoms with E-state index in [2.05, 4.69) is 11.8 Å². The van der Waals surface area contributed by atoms with Gasteiger partial charge < -0.3 is 21.5 Å². The van der Waals surface area contributed by atoms with Gasteiger partial charge >= 0.3 is 0 Å². The van der Waals surface area contributed by atoms with Gasteiger partial charge in [-0.1, -0.05) is 11.8 Å². The third-order valence-corrected chi connectivity index (χ3v) is 5.83. The van der Waals surface area contributed by atoms with Crippen molar-refractivity contribution in [1.29, 1.82) is 0 Å². The van der Waals surface area contributed by atoms with Crippen LogP contribution in [0.5, 0.6) is 0 Å². The molecule has 3 atom stereocenters. The molecule has 2 fully saturated rings. The molecule has 166 valence electrons. The first-order chi connectivity index (χ1) is 14.6. The lowest BCUT2D eigenvalue weighted by molar-refractivity contribution is -0.138. The number of amides is 3. The summed E-state index contributed by atoms with van der Waals surface area (Å²) in [4.78, 5) is 38.2. The number of aliphatic hydroxyl groups excluding tert-OH is 1. The van der Waals surface area contributed by atoms with Crippen LogP contribution in [0.15, 0.2) is 18.2 Å². The topological polar surface area (TPSA) is 159 Å². The van der Waals surface area contributed by atoms with E-state index in [4.69, 9.17) is 21.8 Å². The Morgan fingerprint density at radius 3 is 2.52 bits per heavy atom. The number of nitrogens with zero attached hydrogens (tertiary/aromatic N) is 1. The van der Waals surface area contributed by atoms with Crippen molar-refractivity contribution in [3.8, 4) is 11.8 Å². The molecular formula is C22H28N4O5. The van der Waals surface area contributed by atoms with Crippen molar-refractivity contribution < 1.29 is 24.7 Å². The molecule has 1 saturated heterocycles. The van der Waals surface area contributed by atoms with Crippen LogP contribution in [0, 0.1) is 29.6 Å². The number of aliphatic hydroxyl groups is 1. The molecule has 2 unspecified atom stereocenters. The number of hydroxylamine groups is 1. The fraction of sp³-hybridized carbons (Fsp3) is 0.500. The molecule has 0 radical (unpaired) electrons. The number of carbonyl (C=O) groups excluding carboxylic acids is 3. The second kappa shape index (κ2) is 8.67. The van der Waals surface area contributed by atoms with Gasteiger partial charge in [-0.05, 0) is 49.9 Å². The number of nitrogens with two attached hydrogens (primary N) is 2. The van der Waals surface area contributed by atoms with E-state index in [1.54, 1.807) is 36.4 Å². The van der Waals surface area contributed by atoms with Gasteiger partial charge in [-0.25, -0.2) is 5.48 Å². The second-order valence-corrected chi connectivity index (χ2v) is 8.89. The zero-order valence-electron chi connectivity index (χ0n) is 17.6. The highest BCUT2D eigenvalue weighted by molar-refractivity contribution is 5.97. The standard InChI is InChI=1S/C22H28N4O5/c1-22(2,24)18(20(29)25-31)17-7-12(5-6-15(17)19(23)28)3-4-13-9-26(10-13)21(30)16-8-14(16)11-27/h5-7,13-14,16,18,27,31H,8-11,24H2,1-2H3,(H2,23,28)(H,25,29)/t14?,16?,18-/m1/s1. The molecule has 1 aliphatic carbocycles. The van der Waals surface area contributed by atoms with Gasteiger partial charge in [0.15, 0.2) is 0 Å². The monoisotopic (exact) mass is 428 g/mol. The smallest absolute Gasteiger partial charge is 0.252 e. The molecule has 9 heteroatoms. The van der Waals surface area contributed by atoms with Crippen molar-refractivity contribution in [2.45, 2.75) is 31.7 Å². The summed E-state index contributed by atoms with van der Waals surface area (Å²) in [6.45, 7) is 4.34. The maximum Gasteiger partial charge on any atom is 0.252 e. The lowest BCUT2D eigenvalue weighted by Gasteiger charge is -2.36. The first kappa shape index (κ1) is 22.7. The third-order valence-electron chi connectivity index (χ3n) is 5.83. The minimum atomic E-state index is -1.09. The van der Waals surface area contributed by atoms with Gasteiger partial charge in [0, 0.05) is 42.3 Å². The molecular weight excluding hydrogens is 400 g/mol. The molecule has 0 bridgehead atoms. The van der Waals surface area contributed by atoms with Crippen LogP contribution in [0.2, 0.25) is 0 Å². The molecule has 1 aromatic rings. The molecule has 1 aromatic carbocycles. The summed E-state index contributed by atoms with van der Waals surface area (Å²) < 4.78 is 0. The van der Waals surface area contributed by atoms with E-state index in [0.717, 1.165) is 6.42 Å². The van der Waals surface area contributed by atoms with Gasteiger partial charge in [0.2, 0.25) is 11.8 Å². The Balaban J connectivity index is 1.77. The van der Waals surface area contributed by atoms with Crippen molar-refractivity contribution in [3.63, 3.8) is 0 Å². The molecule has 1 aliphatic heterocycles. The Kier molecular flexibility index (Phi) is 6.36. The van der Waals surface area contributed by atoms with Crippen LogP contribution in [0.4, 0.5) is 0 Å². The van der Waals surface area contributed by atoms with Crippen LogP contribution in [0.1, 0.15) is 47.7 Å². The maximum absolute atomic E-state index is 12.3. The first-order valence-electron chi connectivity index (χ1n) is 10.1. The number of benzene rings is 1. The van der Waals surface area contributed by atoms with Crippen LogP contribution in [0.25, 0.3) is 0 Å². The van der Waals surface area contributed by atoms with Crippen LogP contribution in [-0.2, 0) is 9.59 Å². The van der Waals surface area contributed by atoms with Gasteiger partial charge in [-0.15, -0.1) is 0 Å². The molecule has 3 amide bonds. The summed E-state index contributed by atoms with van der Waals surface area (Å²) in [7, 11) is 0. The molecule has 31 heavy (non-hydrogen) atoms. The molecule has 9 nitrogen and oxygen atoms in total. The van der Waals surface area contributed by atoms with Crippen molar-refractivity contribution in [2.75, 3.05) is 19.7 Å².